The van der Waals surface area contributed by atoms with Crippen molar-refractivity contribution in [1.82, 2.24) is 9.55 Å². The van der Waals surface area contributed by atoms with Crippen molar-refractivity contribution in [2.45, 2.75) is 30.9 Å². The molecule has 8 nitrogen and oxygen atoms in total. The molecule has 4 atom stereocenters. The fraction of sp³-hybridized carbons (Fsp3) is 0.500. The number of nitrogens with zero attached hydrogens (tertiary/aromatic N) is 1. The van der Waals surface area contributed by atoms with Crippen LogP contribution in [0.4, 0.5) is 0 Å². The van der Waals surface area contributed by atoms with E-state index in [1.165, 1.54) is 13.0 Å². The van der Waals surface area contributed by atoms with Crippen molar-refractivity contribution < 1.29 is 14.9 Å². The molecule has 5 N–H and O–H groups in total. The summed E-state index contributed by atoms with van der Waals surface area (Å²) in [4.78, 5) is 25.3. The topological polar surface area (TPSA) is 131 Å². The molecule has 0 radical (unpaired) electrons. The average molecular weight is 316 g/mol. The molecule has 0 spiro atoms. The first-order chi connectivity index (χ1) is 9.85. The second-order valence-electron chi connectivity index (χ2n) is 4.76. The summed E-state index contributed by atoms with van der Waals surface area (Å²) < 4.78 is 6.49. The molecule has 114 valence electrons. The summed E-state index contributed by atoms with van der Waals surface area (Å²) in [5.74, 6) is 2.41. The molecule has 0 bridgehead atoms. The molecule has 0 aromatic carbocycles. The van der Waals surface area contributed by atoms with Crippen LogP contribution in [0.15, 0.2) is 15.7 Å². The Labute approximate surface area is 124 Å². The summed E-state index contributed by atoms with van der Waals surface area (Å²) in [5, 5.41) is 21.4. The SMILES string of the molecule is Cc1cc(=O)[nH]c(=O)n1[C@@H]1O[C@H](CO)[C@H](O)C1(N)C#CCl. The Morgan fingerprint density at radius 2 is 2.29 bits per heavy atom. The number of aliphatic hydroxyl groups excluding tert-OH is 2. The number of aliphatic hydroxyl groups is 2. The minimum absolute atomic E-state index is 0.269. The lowest BCUT2D eigenvalue weighted by Gasteiger charge is -2.28. The van der Waals surface area contributed by atoms with E-state index in [0.717, 1.165) is 4.57 Å². The third kappa shape index (κ3) is 2.50. The zero-order chi connectivity index (χ0) is 15.8. The van der Waals surface area contributed by atoms with Gasteiger partial charge in [-0.05, 0) is 18.5 Å². The van der Waals surface area contributed by atoms with Crippen molar-refractivity contribution in [3.8, 4) is 11.3 Å². The third-order valence-corrected chi connectivity index (χ3v) is 3.50. The second-order valence-corrected chi connectivity index (χ2v) is 4.95. The highest BCUT2D eigenvalue weighted by Gasteiger charge is 2.54. The highest BCUT2D eigenvalue weighted by Crippen LogP contribution is 2.36. The molecule has 0 saturated carbocycles. The largest absolute Gasteiger partial charge is 0.394 e. The van der Waals surface area contributed by atoms with Gasteiger partial charge >= 0.3 is 5.69 Å². The maximum absolute atomic E-state index is 12.0. The van der Waals surface area contributed by atoms with E-state index in [1.54, 1.807) is 0 Å². The van der Waals surface area contributed by atoms with Gasteiger partial charge in [-0.25, -0.2) is 4.79 Å². The van der Waals surface area contributed by atoms with Crippen molar-refractivity contribution in [1.29, 1.82) is 0 Å². The van der Waals surface area contributed by atoms with Crippen LogP contribution in [0.1, 0.15) is 11.9 Å². The van der Waals surface area contributed by atoms with Crippen LogP contribution in [0, 0.1) is 18.2 Å². The van der Waals surface area contributed by atoms with Gasteiger partial charge in [0, 0.05) is 17.1 Å². The molecule has 2 rings (SSSR count). The summed E-state index contributed by atoms with van der Waals surface area (Å²) in [7, 11) is 0. The molecule has 1 aliphatic heterocycles. The van der Waals surface area contributed by atoms with Crippen LogP contribution in [-0.4, -0.2) is 44.1 Å². The molecule has 2 heterocycles. The number of hydrogen-bond donors (Lipinski definition) is 4. The number of H-pyrrole nitrogens is 1. The molecule has 21 heavy (non-hydrogen) atoms. The normalized spacial score (nSPS) is 31.8. The van der Waals surface area contributed by atoms with Gasteiger partial charge < -0.3 is 20.7 Å². The third-order valence-electron chi connectivity index (χ3n) is 3.40. The highest BCUT2D eigenvalue weighted by atomic mass is 35.5. The Hall–Kier alpha value is -1.63. The zero-order valence-electron chi connectivity index (χ0n) is 11.0. The molecule has 1 aliphatic rings. The van der Waals surface area contributed by atoms with E-state index in [9.17, 15) is 19.8 Å². The zero-order valence-corrected chi connectivity index (χ0v) is 11.8. The number of rotatable bonds is 2. The number of nitrogens with one attached hydrogen (secondary N) is 1. The van der Waals surface area contributed by atoms with E-state index in [-0.39, 0.29) is 5.69 Å². The standard InChI is InChI=1S/C12H14ClN3O5/c1-6-4-8(18)15-11(20)16(6)10-12(14,2-3-13)9(19)7(5-17)21-10/h4,7,9-10,17,19H,5,14H2,1H3,(H,15,18,20)/t7-,9+,10-,12?/m1/s1. The Kier molecular flexibility index (Phi) is 4.22. The molecule has 0 aliphatic carbocycles. The number of aryl methyl sites for hydroxylation is 1. The van der Waals surface area contributed by atoms with Crippen molar-refractivity contribution >= 4 is 11.6 Å². The van der Waals surface area contributed by atoms with Gasteiger partial charge in [-0.2, -0.15) is 0 Å². The Morgan fingerprint density at radius 3 is 2.81 bits per heavy atom. The molecule has 1 unspecified atom stereocenters. The second kappa shape index (κ2) is 5.63. The summed E-state index contributed by atoms with van der Waals surface area (Å²) in [6.07, 6.45) is -3.60. The van der Waals surface area contributed by atoms with Crippen LogP contribution in [0.5, 0.6) is 0 Å². The Balaban J connectivity index is 2.64. The average Bonchev–Trinajstić information content (AvgIpc) is 2.63. The quantitative estimate of drug-likeness (QED) is 0.467. The maximum atomic E-state index is 12.0. The van der Waals surface area contributed by atoms with E-state index in [4.69, 9.17) is 22.1 Å². The molecular weight excluding hydrogens is 302 g/mol. The van der Waals surface area contributed by atoms with Gasteiger partial charge in [0.05, 0.1) is 6.61 Å². The number of ether oxygens (including phenoxy) is 1. The van der Waals surface area contributed by atoms with E-state index in [2.05, 4.69) is 16.3 Å². The van der Waals surface area contributed by atoms with Gasteiger partial charge in [0.1, 0.15) is 12.2 Å². The van der Waals surface area contributed by atoms with Gasteiger partial charge in [0.15, 0.2) is 11.8 Å². The minimum Gasteiger partial charge on any atom is -0.394 e. The number of hydrogen-bond acceptors (Lipinski definition) is 6. The highest BCUT2D eigenvalue weighted by molar-refractivity contribution is 6.30. The van der Waals surface area contributed by atoms with Crippen LogP contribution in [0.2, 0.25) is 0 Å². The van der Waals surface area contributed by atoms with Gasteiger partial charge in [-0.15, -0.1) is 0 Å². The van der Waals surface area contributed by atoms with Crippen LogP contribution in [0.3, 0.4) is 0 Å². The molecular formula is C12H14ClN3O5. The lowest BCUT2D eigenvalue weighted by Crippen LogP contribution is -2.55. The predicted octanol–water partition coefficient (Wildman–Crippen LogP) is -2.01. The Bertz CT molecular complexity index is 718. The van der Waals surface area contributed by atoms with Crippen LogP contribution in [-0.2, 0) is 4.74 Å². The number of halogens is 1. The van der Waals surface area contributed by atoms with Crippen LogP contribution in [0.25, 0.3) is 0 Å². The van der Waals surface area contributed by atoms with Gasteiger partial charge in [-0.1, -0.05) is 5.92 Å². The molecule has 1 saturated heterocycles. The van der Waals surface area contributed by atoms with E-state index < -0.39 is 41.8 Å². The minimum atomic E-state index is -1.71. The monoisotopic (exact) mass is 315 g/mol. The lowest BCUT2D eigenvalue weighted by molar-refractivity contribution is -0.0484. The van der Waals surface area contributed by atoms with Crippen LogP contribution < -0.4 is 17.0 Å². The summed E-state index contributed by atoms with van der Waals surface area (Å²) in [6, 6.07) is 1.18. The predicted molar refractivity (Wildman–Crippen MR) is 73.6 cm³/mol. The molecule has 1 aromatic rings. The first-order valence-corrected chi connectivity index (χ1v) is 6.41. The maximum Gasteiger partial charge on any atom is 0.330 e. The number of nitrogens with two attached hydrogens (primary N) is 1. The molecule has 9 heteroatoms. The first-order valence-electron chi connectivity index (χ1n) is 6.03. The lowest BCUT2D eigenvalue weighted by atomic mass is 9.92. The summed E-state index contributed by atoms with van der Waals surface area (Å²) in [5.41, 5.74) is 3.26. The van der Waals surface area contributed by atoms with Crippen LogP contribution >= 0.6 is 11.6 Å². The fourth-order valence-corrected chi connectivity index (χ4v) is 2.52. The fourth-order valence-electron chi connectivity index (χ4n) is 2.35. The van der Waals surface area contributed by atoms with Gasteiger partial charge in [0.25, 0.3) is 5.56 Å². The van der Waals surface area contributed by atoms with Crippen molar-refractivity contribution in [2.24, 2.45) is 5.73 Å². The molecule has 1 fully saturated rings. The molecule has 1 aromatic heterocycles. The first kappa shape index (κ1) is 15.8. The number of aromatic nitrogens is 2. The Morgan fingerprint density at radius 1 is 1.62 bits per heavy atom. The van der Waals surface area contributed by atoms with Crippen molar-refractivity contribution in [2.75, 3.05) is 6.61 Å². The van der Waals surface area contributed by atoms with E-state index >= 15 is 0 Å². The van der Waals surface area contributed by atoms with Crippen molar-refractivity contribution in [3.05, 3.63) is 32.6 Å². The molecule has 0 amide bonds. The summed E-state index contributed by atoms with van der Waals surface area (Å²) >= 11 is 5.37. The summed E-state index contributed by atoms with van der Waals surface area (Å²) in [6.45, 7) is 0.991. The number of aromatic amines is 1. The van der Waals surface area contributed by atoms with E-state index in [0.29, 0.717) is 0 Å². The van der Waals surface area contributed by atoms with E-state index in [1.807, 2.05) is 0 Å². The smallest absolute Gasteiger partial charge is 0.330 e. The van der Waals surface area contributed by atoms with Crippen molar-refractivity contribution in [3.63, 3.8) is 0 Å². The van der Waals surface area contributed by atoms with Gasteiger partial charge in [0.2, 0.25) is 0 Å². The van der Waals surface area contributed by atoms with Gasteiger partial charge in [-0.3, -0.25) is 14.3 Å².